The topological polar surface area (TPSA) is 56.3 Å². The quantitative estimate of drug-likeness (QED) is 0.697. The van der Waals surface area contributed by atoms with Crippen molar-refractivity contribution in [3.63, 3.8) is 0 Å². The third kappa shape index (κ3) is 2.74. The van der Waals surface area contributed by atoms with Crippen molar-refractivity contribution in [1.82, 2.24) is 9.88 Å². The number of fused-ring (bicyclic) bond motifs is 3. The van der Waals surface area contributed by atoms with Crippen molar-refractivity contribution in [3.05, 3.63) is 64.3 Å². The number of amides is 1. The van der Waals surface area contributed by atoms with Gasteiger partial charge in [0.05, 0.1) is 0 Å². The minimum absolute atomic E-state index is 0.114. The van der Waals surface area contributed by atoms with Gasteiger partial charge in [0.25, 0.3) is 0 Å². The summed E-state index contributed by atoms with van der Waals surface area (Å²) in [7, 11) is 0. The van der Waals surface area contributed by atoms with Gasteiger partial charge in [0.2, 0.25) is 5.91 Å². The molecule has 1 atom stereocenters. The fourth-order valence-electron chi connectivity index (χ4n) is 3.93. The van der Waals surface area contributed by atoms with E-state index < -0.39 is 0 Å². The van der Waals surface area contributed by atoms with E-state index in [-0.39, 0.29) is 17.7 Å². The molecule has 1 aromatic heterocycles. The predicted octanol–water partition coefficient (Wildman–Crippen LogP) is 4.80. The molecule has 0 saturated carbocycles. The van der Waals surface area contributed by atoms with Crippen LogP contribution in [-0.2, 0) is 11.2 Å². The molecular weight excluding hydrogens is 348 g/mol. The van der Waals surface area contributed by atoms with Crippen LogP contribution in [0.25, 0.3) is 10.9 Å². The number of rotatable bonds is 3. The molecule has 5 heteroatoms. The van der Waals surface area contributed by atoms with Crippen molar-refractivity contribution in [1.29, 1.82) is 0 Å². The van der Waals surface area contributed by atoms with Crippen LogP contribution in [0.3, 0.4) is 0 Å². The summed E-state index contributed by atoms with van der Waals surface area (Å²) < 4.78 is 0. The number of H-pyrrole nitrogens is 1. The van der Waals surface area contributed by atoms with E-state index in [0.29, 0.717) is 18.0 Å². The number of aromatic nitrogens is 1. The highest BCUT2D eigenvalue weighted by Gasteiger charge is 2.35. The van der Waals surface area contributed by atoms with E-state index >= 15 is 0 Å². The molecule has 134 valence electrons. The molecule has 0 aliphatic carbocycles. The van der Waals surface area contributed by atoms with Crippen LogP contribution in [0.5, 0.6) is 5.75 Å². The molecule has 0 spiro atoms. The van der Waals surface area contributed by atoms with Gasteiger partial charge in [-0.1, -0.05) is 36.7 Å². The van der Waals surface area contributed by atoms with Crippen molar-refractivity contribution in [2.75, 3.05) is 6.54 Å². The zero-order valence-corrected chi connectivity index (χ0v) is 15.4. The zero-order chi connectivity index (χ0) is 18.3. The molecule has 4 rings (SSSR count). The van der Waals surface area contributed by atoms with Crippen molar-refractivity contribution >= 4 is 28.4 Å². The predicted molar refractivity (Wildman–Crippen MR) is 104 cm³/mol. The maximum absolute atomic E-state index is 12.8. The average Bonchev–Trinajstić information content (AvgIpc) is 2.99. The van der Waals surface area contributed by atoms with Gasteiger partial charge in [-0.2, -0.15) is 0 Å². The molecule has 1 aliphatic rings. The van der Waals surface area contributed by atoms with E-state index in [1.165, 1.54) is 5.56 Å². The Kier molecular flexibility index (Phi) is 4.37. The van der Waals surface area contributed by atoms with E-state index in [2.05, 4.69) is 4.98 Å². The van der Waals surface area contributed by atoms with Gasteiger partial charge in [-0.3, -0.25) is 4.79 Å². The van der Waals surface area contributed by atoms with Gasteiger partial charge in [-0.15, -0.1) is 0 Å². The zero-order valence-electron chi connectivity index (χ0n) is 14.6. The molecule has 2 aromatic carbocycles. The second-order valence-electron chi connectivity index (χ2n) is 6.76. The largest absolute Gasteiger partial charge is 0.508 e. The third-order valence-corrected chi connectivity index (χ3v) is 5.34. The van der Waals surface area contributed by atoms with Crippen LogP contribution < -0.4 is 0 Å². The lowest BCUT2D eigenvalue weighted by molar-refractivity contribution is -0.133. The second kappa shape index (κ2) is 6.69. The molecule has 1 amide bonds. The maximum Gasteiger partial charge on any atom is 0.223 e. The minimum atomic E-state index is -0.315. The number of para-hydroxylation sites is 1. The number of phenols is 1. The summed E-state index contributed by atoms with van der Waals surface area (Å²) in [5.74, 6) is 0.319. The SMILES string of the molecule is CCCC(=O)N1CCc2c([nH]c3ccc(Cl)cc23)C1c1ccccc1O. The smallest absolute Gasteiger partial charge is 0.223 e. The van der Waals surface area contributed by atoms with E-state index in [0.717, 1.165) is 35.0 Å². The monoisotopic (exact) mass is 368 g/mol. The molecule has 1 unspecified atom stereocenters. The van der Waals surface area contributed by atoms with Gasteiger partial charge < -0.3 is 15.0 Å². The lowest BCUT2D eigenvalue weighted by atomic mass is 9.91. The number of phenolic OH excluding ortho intramolecular Hbond substituents is 1. The number of hydrogen-bond acceptors (Lipinski definition) is 2. The first kappa shape index (κ1) is 17.0. The number of aromatic hydroxyl groups is 1. The van der Waals surface area contributed by atoms with Crippen LogP contribution in [0.4, 0.5) is 0 Å². The Morgan fingerprint density at radius 1 is 1.31 bits per heavy atom. The van der Waals surface area contributed by atoms with Gasteiger partial charge in [0.15, 0.2) is 0 Å². The molecule has 0 bridgehead atoms. The number of nitrogens with one attached hydrogen (secondary N) is 1. The molecule has 0 radical (unpaired) electrons. The van der Waals surface area contributed by atoms with Crippen LogP contribution in [0.15, 0.2) is 42.5 Å². The number of nitrogens with zero attached hydrogens (tertiary/aromatic N) is 1. The first-order valence-electron chi connectivity index (χ1n) is 8.97. The highest BCUT2D eigenvalue weighted by molar-refractivity contribution is 6.31. The number of hydrogen-bond donors (Lipinski definition) is 2. The molecule has 2 N–H and O–H groups in total. The number of halogens is 1. The van der Waals surface area contributed by atoms with E-state index in [9.17, 15) is 9.90 Å². The first-order valence-corrected chi connectivity index (χ1v) is 9.35. The van der Waals surface area contributed by atoms with Gasteiger partial charge in [-0.25, -0.2) is 0 Å². The van der Waals surface area contributed by atoms with Crippen LogP contribution in [0.2, 0.25) is 5.02 Å². The molecule has 2 heterocycles. The van der Waals surface area contributed by atoms with Gasteiger partial charge in [-0.05, 0) is 42.7 Å². The van der Waals surface area contributed by atoms with Gasteiger partial charge in [0.1, 0.15) is 11.8 Å². The summed E-state index contributed by atoms with van der Waals surface area (Å²) in [6, 6.07) is 12.7. The lowest BCUT2D eigenvalue weighted by Gasteiger charge is -2.36. The highest BCUT2D eigenvalue weighted by atomic mass is 35.5. The van der Waals surface area contributed by atoms with Crippen LogP contribution >= 0.6 is 11.6 Å². The van der Waals surface area contributed by atoms with E-state index in [4.69, 9.17) is 11.6 Å². The Labute approximate surface area is 157 Å². The maximum atomic E-state index is 12.8. The Hall–Kier alpha value is -2.46. The van der Waals surface area contributed by atoms with Crippen molar-refractivity contribution < 1.29 is 9.90 Å². The summed E-state index contributed by atoms with van der Waals surface area (Å²) in [5, 5.41) is 12.3. The Morgan fingerprint density at radius 3 is 2.88 bits per heavy atom. The molecule has 0 fully saturated rings. The average molecular weight is 369 g/mol. The summed E-state index contributed by atoms with van der Waals surface area (Å²) in [6.45, 7) is 2.64. The first-order chi connectivity index (χ1) is 12.6. The Bertz CT molecular complexity index is 979. The highest BCUT2D eigenvalue weighted by Crippen LogP contribution is 2.41. The summed E-state index contributed by atoms with van der Waals surface area (Å²) in [5.41, 5.74) is 3.90. The molecule has 3 aromatic rings. The summed E-state index contributed by atoms with van der Waals surface area (Å²) >= 11 is 6.20. The standard InChI is InChI=1S/C21H21ClN2O2/c1-2-5-19(26)24-11-10-14-16-12-13(22)8-9-17(16)23-20(14)21(24)15-6-3-4-7-18(15)25/h3-4,6-9,12,21,23,25H,2,5,10-11H2,1H3. The lowest BCUT2D eigenvalue weighted by Crippen LogP contribution is -2.40. The molecular formula is C21H21ClN2O2. The Morgan fingerprint density at radius 2 is 2.12 bits per heavy atom. The number of aromatic amines is 1. The summed E-state index contributed by atoms with van der Waals surface area (Å²) in [6.07, 6.45) is 2.08. The summed E-state index contributed by atoms with van der Waals surface area (Å²) in [4.78, 5) is 18.2. The van der Waals surface area contributed by atoms with Crippen molar-refractivity contribution in [2.45, 2.75) is 32.2 Å². The third-order valence-electron chi connectivity index (χ3n) is 5.10. The van der Waals surface area contributed by atoms with Crippen molar-refractivity contribution in [2.24, 2.45) is 0 Å². The van der Waals surface area contributed by atoms with Crippen LogP contribution in [0.1, 0.15) is 42.6 Å². The van der Waals surface area contributed by atoms with Crippen LogP contribution in [0, 0.1) is 0 Å². The fraction of sp³-hybridized carbons (Fsp3) is 0.286. The molecule has 0 saturated heterocycles. The van der Waals surface area contributed by atoms with Crippen molar-refractivity contribution in [3.8, 4) is 5.75 Å². The number of benzene rings is 2. The van der Waals surface area contributed by atoms with Crippen LogP contribution in [-0.4, -0.2) is 27.4 Å². The second-order valence-corrected chi connectivity index (χ2v) is 7.19. The normalized spacial score (nSPS) is 16.7. The molecule has 1 aliphatic heterocycles. The fourth-order valence-corrected chi connectivity index (χ4v) is 4.10. The van der Waals surface area contributed by atoms with E-state index in [1.54, 1.807) is 12.1 Å². The van der Waals surface area contributed by atoms with Gasteiger partial charge >= 0.3 is 0 Å². The minimum Gasteiger partial charge on any atom is -0.508 e. The Balaban J connectivity index is 1.91. The number of carbonyl (C=O) groups is 1. The molecule has 26 heavy (non-hydrogen) atoms. The van der Waals surface area contributed by atoms with Gasteiger partial charge in [0, 0.05) is 40.1 Å². The molecule has 4 nitrogen and oxygen atoms in total. The number of carbonyl (C=O) groups excluding carboxylic acids is 1. The van der Waals surface area contributed by atoms with E-state index in [1.807, 2.05) is 42.2 Å².